The molecule has 0 radical (unpaired) electrons. The van der Waals surface area contributed by atoms with Gasteiger partial charge < -0.3 is 10.2 Å². The van der Waals surface area contributed by atoms with Gasteiger partial charge in [0.25, 0.3) is 5.91 Å². The third-order valence-corrected chi connectivity index (χ3v) is 4.45. The molecule has 1 amide bonds. The third-order valence-electron chi connectivity index (χ3n) is 4.45. The lowest BCUT2D eigenvalue weighted by molar-refractivity contribution is 0.102. The molecule has 1 saturated heterocycles. The maximum atomic E-state index is 12.3. The Hall–Kier alpha value is -3.29. The predicted molar refractivity (Wildman–Crippen MR) is 96.9 cm³/mol. The summed E-state index contributed by atoms with van der Waals surface area (Å²) in [5.41, 5.74) is 1.03. The monoisotopic (exact) mass is 349 g/mol. The minimum absolute atomic E-state index is 0.269. The lowest BCUT2D eigenvalue weighted by atomic mass is 10.1. The fraction of sp³-hybridized carbons (Fsp3) is 0.278. The van der Waals surface area contributed by atoms with Crippen LogP contribution < -0.4 is 10.2 Å². The van der Waals surface area contributed by atoms with Crippen molar-refractivity contribution in [3.63, 3.8) is 0 Å². The standard InChI is InChI=1S/C18H19N7O/c26-18(21-14-5-2-1-3-6-14)16-8-9-17(23-22-16)24-10-4-7-15(11-24)25-13-19-12-20-25/h1-3,5-6,8-9,12-13,15H,4,7,10-11H2,(H,21,26)/t15-/m0/s1. The Morgan fingerprint density at radius 1 is 1.12 bits per heavy atom. The van der Waals surface area contributed by atoms with Gasteiger partial charge in [0.2, 0.25) is 0 Å². The van der Waals surface area contributed by atoms with Gasteiger partial charge in [-0.15, -0.1) is 10.2 Å². The summed E-state index contributed by atoms with van der Waals surface area (Å²) in [5.74, 6) is 0.500. The van der Waals surface area contributed by atoms with Gasteiger partial charge >= 0.3 is 0 Å². The molecule has 1 aliphatic rings. The molecule has 3 aromatic rings. The molecule has 0 bridgehead atoms. The highest BCUT2D eigenvalue weighted by molar-refractivity contribution is 6.02. The summed E-state index contributed by atoms with van der Waals surface area (Å²) in [5, 5.41) is 15.4. The van der Waals surface area contributed by atoms with E-state index in [0.29, 0.717) is 5.69 Å². The Labute approximate surface area is 150 Å². The molecule has 1 fully saturated rings. The van der Waals surface area contributed by atoms with Crippen molar-refractivity contribution >= 4 is 17.4 Å². The molecule has 1 aliphatic heterocycles. The smallest absolute Gasteiger partial charge is 0.276 e. The first-order valence-electron chi connectivity index (χ1n) is 8.59. The summed E-state index contributed by atoms with van der Waals surface area (Å²) >= 11 is 0. The molecule has 0 unspecified atom stereocenters. The second kappa shape index (κ2) is 7.30. The van der Waals surface area contributed by atoms with Crippen molar-refractivity contribution in [1.29, 1.82) is 0 Å². The van der Waals surface area contributed by atoms with Crippen LogP contribution in [-0.2, 0) is 0 Å². The molecule has 0 spiro atoms. The third kappa shape index (κ3) is 3.53. The largest absolute Gasteiger partial charge is 0.353 e. The highest BCUT2D eigenvalue weighted by atomic mass is 16.1. The van der Waals surface area contributed by atoms with Crippen LogP contribution in [0.1, 0.15) is 29.4 Å². The zero-order valence-corrected chi connectivity index (χ0v) is 14.2. The number of rotatable bonds is 4. The summed E-state index contributed by atoms with van der Waals surface area (Å²) in [6.07, 6.45) is 5.41. The van der Waals surface area contributed by atoms with E-state index >= 15 is 0 Å². The highest BCUT2D eigenvalue weighted by Gasteiger charge is 2.23. The van der Waals surface area contributed by atoms with Crippen LogP contribution in [0.25, 0.3) is 0 Å². The number of nitrogens with zero attached hydrogens (tertiary/aromatic N) is 6. The van der Waals surface area contributed by atoms with Gasteiger partial charge in [-0.25, -0.2) is 9.67 Å². The van der Waals surface area contributed by atoms with Crippen molar-refractivity contribution in [2.24, 2.45) is 0 Å². The molecule has 1 atom stereocenters. The Balaban J connectivity index is 1.43. The molecular weight excluding hydrogens is 330 g/mol. The quantitative estimate of drug-likeness (QED) is 0.776. The molecule has 0 aliphatic carbocycles. The van der Waals surface area contributed by atoms with Gasteiger partial charge in [-0.3, -0.25) is 4.79 Å². The maximum Gasteiger partial charge on any atom is 0.276 e. The van der Waals surface area contributed by atoms with Crippen molar-refractivity contribution in [2.45, 2.75) is 18.9 Å². The first-order valence-corrected chi connectivity index (χ1v) is 8.59. The maximum absolute atomic E-state index is 12.3. The van der Waals surface area contributed by atoms with Crippen molar-refractivity contribution in [3.05, 3.63) is 60.8 Å². The van der Waals surface area contributed by atoms with Gasteiger partial charge in [-0.05, 0) is 37.1 Å². The zero-order chi connectivity index (χ0) is 17.8. The Bertz CT molecular complexity index is 849. The zero-order valence-electron chi connectivity index (χ0n) is 14.2. The number of benzene rings is 1. The van der Waals surface area contributed by atoms with Gasteiger partial charge in [-0.2, -0.15) is 5.10 Å². The summed E-state index contributed by atoms with van der Waals surface area (Å²) < 4.78 is 1.89. The lowest BCUT2D eigenvalue weighted by Crippen LogP contribution is -2.37. The van der Waals surface area contributed by atoms with Crippen molar-refractivity contribution in [2.75, 3.05) is 23.3 Å². The first-order chi connectivity index (χ1) is 12.8. The normalized spacial score (nSPS) is 17.1. The molecule has 3 heterocycles. The van der Waals surface area contributed by atoms with Crippen LogP contribution in [0.2, 0.25) is 0 Å². The fourth-order valence-corrected chi connectivity index (χ4v) is 3.12. The molecule has 4 rings (SSSR count). The molecule has 8 heteroatoms. The lowest BCUT2D eigenvalue weighted by Gasteiger charge is -2.33. The minimum atomic E-state index is -0.269. The number of piperidine rings is 1. The van der Waals surface area contributed by atoms with E-state index in [9.17, 15) is 4.79 Å². The number of aromatic nitrogens is 5. The highest BCUT2D eigenvalue weighted by Crippen LogP contribution is 2.24. The molecule has 26 heavy (non-hydrogen) atoms. The summed E-state index contributed by atoms with van der Waals surface area (Å²) in [4.78, 5) is 18.5. The van der Waals surface area contributed by atoms with E-state index < -0.39 is 0 Å². The number of carbonyl (C=O) groups is 1. The second-order valence-electron chi connectivity index (χ2n) is 6.21. The van der Waals surface area contributed by atoms with Crippen LogP contribution in [0.15, 0.2) is 55.1 Å². The topological polar surface area (TPSA) is 88.8 Å². The van der Waals surface area contributed by atoms with E-state index in [0.717, 1.165) is 37.4 Å². The Morgan fingerprint density at radius 2 is 2.00 bits per heavy atom. The number of hydrogen-bond donors (Lipinski definition) is 1. The average Bonchev–Trinajstić information content (AvgIpc) is 3.24. The van der Waals surface area contributed by atoms with Crippen molar-refractivity contribution in [3.8, 4) is 0 Å². The Kier molecular flexibility index (Phi) is 4.55. The van der Waals surface area contributed by atoms with E-state index in [1.807, 2.05) is 41.1 Å². The van der Waals surface area contributed by atoms with Gasteiger partial charge in [-0.1, -0.05) is 18.2 Å². The molecule has 1 N–H and O–H groups in total. The van der Waals surface area contributed by atoms with E-state index in [4.69, 9.17) is 0 Å². The molecule has 132 valence electrons. The van der Waals surface area contributed by atoms with E-state index in [2.05, 4.69) is 30.5 Å². The van der Waals surface area contributed by atoms with Crippen LogP contribution >= 0.6 is 0 Å². The molecule has 8 nitrogen and oxygen atoms in total. The number of para-hydroxylation sites is 1. The summed E-state index contributed by atoms with van der Waals surface area (Å²) in [6, 6.07) is 13.1. The van der Waals surface area contributed by atoms with E-state index in [1.165, 1.54) is 0 Å². The number of hydrogen-bond acceptors (Lipinski definition) is 6. The van der Waals surface area contributed by atoms with Gasteiger partial charge in [0.05, 0.1) is 6.04 Å². The van der Waals surface area contributed by atoms with Crippen molar-refractivity contribution in [1.82, 2.24) is 25.0 Å². The molecular formula is C18H19N7O. The first kappa shape index (κ1) is 16.2. The van der Waals surface area contributed by atoms with Gasteiger partial charge in [0.1, 0.15) is 12.7 Å². The number of anilines is 2. The van der Waals surface area contributed by atoms with Gasteiger partial charge in [0.15, 0.2) is 11.5 Å². The number of nitrogens with one attached hydrogen (secondary N) is 1. The number of amides is 1. The SMILES string of the molecule is O=C(Nc1ccccc1)c1ccc(N2CCC[C@H](n3cncn3)C2)nn1. The summed E-state index contributed by atoms with van der Waals surface area (Å²) in [7, 11) is 0. The van der Waals surface area contributed by atoms with E-state index in [1.54, 1.807) is 18.7 Å². The minimum Gasteiger partial charge on any atom is -0.353 e. The van der Waals surface area contributed by atoms with Crippen LogP contribution in [0.4, 0.5) is 11.5 Å². The van der Waals surface area contributed by atoms with Crippen LogP contribution in [0.3, 0.4) is 0 Å². The van der Waals surface area contributed by atoms with Crippen LogP contribution in [-0.4, -0.2) is 44.0 Å². The van der Waals surface area contributed by atoms with Gasteiger partial charge in [0, 0.05) is 18.8 Å². The average molecular weight is 349 g/mol. The fourth-order valence-electron chi connectivity index (χ4n) is 3.12. The molecule has 1 aromatic carbocycles. The summed E-state index contributed by atoms with van der Waals surface area (Å²) in [6.45, 7) is 1.71. The number of carbonyl (C=O) groups excluding carboxylic acids is 1. The Morgan fingerprint density at radius 3 is 2.73 bits per heavy atom. The molecule has 2 aromatic heterocycles. The van der Waals surface area contributed by atoms with Crippen LogP contribution in [0.5, 0.6) is 0 Å². The molecule has 0 saturated carbocycles. The van der Waals surface area contributed by atoms with E-state index in [-0.39, 0.29) is 11.9 Å². The van der Waals surface area contributed by atoms with Crippen molar-refractivity contribution < 1.29 is 4.79 Å². The predicted octanol–water partition coefficient (Wildman–Crippen LogP) is 2.16. The van der Waals surface area contributed by atoms with Crippen LogP contribution in [0, 0.1) is 0 Å². The second-order valence-corrected chi connectivity index (χ2v) is 6.21.